The lowest BCUT2D eigenvalue weighted by atomic mass is 10.1. The number of nitrogens with one attached hydrogen (secondary N) is 2. The Kier molecular flexibility index (Phi) is 4.84. The summed E-state index contributed by atoms with van der Waals surface area (Å²) >= 11 is 0. The zero-order chi connectivity index (χ0) is 15.2. The van der Waals surface area contributed by atoms with Gasteiger partial charge in [0, 0.05) is 6.07 Å². The number of nitrogens with zero attached hydrogens (tertiary/aromatic N) is 1. The number of rotatable bonds is 5. The van der Waals surface area contributed by atoms with E-state index in [0.717, 1.165) is 5.56 Å². The fourth-order valence-corrected chi connectivity index (χ4v) is 2.00. The number of aryl methyl sites for hydroxylation is 1. The van der Waals surface area contributed by atoms with Gasteiger partial charge in [-0.25, -0.2) is 4.98 Å². The molecule has 1 aromatic carbocycles. The summed E-state index contributed by atoms with van der Waals surface area (Å²) in [5, 5.41) is 2.69. The number of hydrogen-bond acceptors (Lipinski definition) is 4. The molecule has 0 aliphatic heterocycles. The van der Waals surface area contributed by atoms with Crippen LogP contribution in [0.15, 0.2) is 41.2 Å². The summed E-state index contributed by atoms with van der Waals surface area (Å²) in [5.41, 5.74) is 7.15. The molecule has 6 nitrogen and oxygen atoms in total. The molecule has 2 aromatic rings. The van der Waals surface area contributed by atoms with Gasteiger partial charge in [0.05, 0.1) is 18.3 Å². The van der Waals surface area contributed by atoms with E-state index in [2.05, 4.69) is 15.3 Å². The van der Waals surface area contributed by atoms with Crippen LogP contribution in [0.3, 0.4) is 0 Å². The number of amides is 1. The number of carbonyl (C=O) groups excluding carboxylic acids is 1. The largest absolute Gasteiger partial charge is 0.349 e. The molecule has 1 amide bonds. The molecule has 0 unspecified atom stereocenters. The first-order valence-electron chi connectivity index (χ1n) is 6.68. The van der Waals surface area contributed by atoms with E-state index in [-0.39, 0.29) is 18.0 Å². The normalized spacial score (nSPS) is 11.9. The molecule has 6 heteroatoms. The Morgan fingerprint density at radius 1 is 1.38 bits per heavy atom. The molecule has 1 aromatic heterocycles. The predicted molar refractivity (Wildman–Crippen MR) is 79.6 cm³/mol. The topological polar surface area (TPSA) is 101 Å². The highest BCUT2D eigenvalue weighted by atomic mass is 16.2. The van der Waals surface area contributed by atoms with Crippen LogP contribution >= 0.6 is 0 Å². The minimum atomic E-state index is -0.629. The molecule has 0 fully saturated rings. The Labute approximate surface area is 122 Å². The van der Waals surface area contributed by atoms with Crippen LogP contribution in [0, 0.1) is 6.92 Å². The third-order valence-electron chi connectivity index (χ3n) is 2.99. The van der Waals surface area contributed by atoms with Crippen LogP contribution in [-0.4, -0.2) is 21.9 Å². The summed E-state index contributed by atoms with van der Waals surface area (Å²) in [5.74, 6) is 0.249. The van der Waals surface area contributed by atoms with Crippen molar-refractivity contribution >= 4 is 5.91 Å². The minimum Gasteiger partial charge on any atom is -0.349 e. The van der Waals surface area contributed by atoms with Crippen LogP contribution in [0.25, 0.3) is 0 Å². The molecule has 2 rings (SSSR count). The molecule has 0 saturated carbocycles. The molecule has 0 saturated heterocycles. The standard InChI is InChI=1S/C15H18N4O2/c1-10-18-12(8-14(20)19-10)9-17-15(21)13(16)7-11-5-3-2-4-6-11/h2-6,8,13H,7,9,16H2,1H3,(H,17,21)(H,18,19,20)/t13-/m0/s1. The first-order valence-corrected chi connectivity index (χ1v) is 6.68. The van der Waals surface area contributed by atoms with Crippen molar-refractivity contribution in [3.05, 3.63) is 63.8 Å². The Morgan fingerprint density at radius 2 is 2.10 bits per heavy atom. The van der Waals surface area contributed by atoms with Gasteiger partial charge in [-0.2, -0.15) is 0 Å². The van der Waals surface area contributed by atoms with E-state index in [1.807, 2.05) is 30.3 Å². The van der Waals surface area contributed by atoms with Crippen LogP contribution in [0.2, 0.25) is 0 Å². The average Bonchev–Trinajstić information content (AvgIpc) is 2.44. The molecular formula is C15H18N4O2. The average molecular weight is 286 g/mol. The van der Waals surface area contributed by atoms with Crippen molar-refractivity contribution in [2.45, 2.75) is 25.9 Å². The lowest BCUT2D eigenvalue weighted by Gasteiger charge is -2.12. The third kappa shape index (κ3) is 4.54. The minimum absolute atomic E-state index is 0.187. The smallest absolute Gasteiger partial charge is 0.251 e. The Bertz CT molecular complexity index is 667. The lowest BCUT2D eigenvalue weighted by molar-refractivity contribution is -0.122. The highest BCUT2D eigenvalue weighted by Crippen LogP contribution is 2.02. The summed E-state index contributed by atoms with van der Waals surface area (Å²) in [4.78, 5) is 29.9. The van der Waals surface area contributed by atoms with Crippen LogP contribution in [0.5, 0.6) is 0 Å². The van der Waals surface area contributed by atoms with Gasteiger partial charge in [0.25, 0.3) is 5.56 Å². The summed E-state index contributed by atoms with van der Waals surface area (Å²) < 4.78 is 0. The fraction of sp³-hybridized carbons (Fsp3) is 0.267. The van der Waals surface area contributed by atoms with E-state index < -0.39 is 6.04 Å². The second kappa shape index (κ2) is 6.81. The van der Waals surface area contributed by atoms with Crippen molar-refractivity contribution in [1.82, 2.24) is 15.3 Å². The maximum Gasteiger partial charge on any atom is 0.251 e. The maximum atomic E-state index is 11.9. The fourth-order valence-electron chi connectivity index (χ4n) is 2.00. The highest BCUT2D eigenvalue weighted by Gasteiger charge is 2.13. The van der Waals surface area contributed by atoms with Crippen LogP contribution in [0.1, 0.15) is 17.1 Å². The SMILES string of the molecule is Cc1nc(CNC(=O)[C@@H](N)Cc2ccccc2)cc(=O)[nH]1. The van der Waals surface area contributed by atoms with Gasteiger partial charge < -0.3 is 16.0 Å². The number of carbonyl (C=O) groups is 1. The van der Waals surface area contributed by atoms with Gasteiger partial charge in [-0.15, -0.1) is 0 Å². The van der Waals surface area contributed by atoms with Gasteiger partial charge in [0.15, 0.2) is 0 Å². The second-order valence-electron chi connectivity index (χ2n) is 4.84. The molecule has 4 N–H and O–H groups in total. The molecule has 0 aliphatic carbocycles. The van der Waals surface area contributed by atoms with E-state index >= 15 is 0 Å². The molecule has 1 atom stereocenters. The van der Waals surface area contributed by atoms with Crippen molar-refractivity contribution < 1.29 is 4.79 Å². The van der Waals surface area contributed by atoms with Gasteiger partial charge >= 0.3 is 0 Å². The van der Waals surface area contributed by atoms with Gasteiger partial charge in [0.2, 0.25) is 5.91 Å². The quantitative estimate of drug-likeness (QED) is 0.734. The number of aromatic nitrogens is 2. The number of nitrogens with two attached hydrogens (primary N) is 1. The zero-order valence-electron chi connectivity index (χ0n) is 11.8. The van der Waals surface area contributed by atoms with Gasteiger partial charge in [-0.1, -0.05) is 30.3 Å². The summed E-state index contributed by atoms with van der Waals surface area (Å²) in [6.07, 6.45) is 0.467. The number of benzene rings is 1. The summed E-state index contributed by atoms with van der Waals surface area (Å²) in [6, 6.07) is 10.3. The molecular weight excluding hydrogens is 268 g/mol. The lowest BCUT2D eigenvalue weighted by Crippen LogP contribution is -2.41. The van der Waals surface area contributed by atoms with E-state index in [1.54, 1.807) is 6.92 Å². The number of aromatic amines is 1. The van der Waals surface area contributed by atoms with Gasteiger partial charge in [0.1, 0.15) is 5.82 Å². The van der Waals surface area contributed by atoms with Crippen molar-refractivity contribution in [2.75, 3.05) is 0 Å². The van der Waals surface area contributed by atoms with E-state index in [1.165, 1.54) is 6.07 Å². The van der Waals surface area contributed by atoms with Crippen LogP contribution in [0.4, 0.5) is 0 Å². The first kappa shape index (κ1) is 14.9. The van der Waals surface area contributed by atoms with Gasteiger partial charge in [-0.05, 0) is 18.9 Å². The van der Waals surface area contributed by atoms with Gasteiger partial charge in [-0.3, -0.25) is 9.59 Å². The van der Waals surface area contributed by atoms with E-state index in [4.69, 9.17) is 5.73 Å². The van der Waals surface area contributed by atoms with Crippen molar-refractivity contribution in [2.24, 2.45) is 5.73 Å². The van der Waals surface area contributed by atoms with Crippen molar-refractivity contribution in [1.29, 1.82) is 0 Å². The Balaban J connectivity index is 1.90. The summed E-state index contributed by atoms with van der Waals surface area (Å²) in [6.45, 7) is 1.87. The van der Waals surface area contributed by atoms with Crippen LogP contribution in [-0.2, 0) is 17.8 Å². The zero-order valence-corrected chi connectivity index (χ0v) is 11.8. The molecule has 110 valence electrons. The van der Waals surface area contributed by atoms with Crippen LogP contribution < -0.4 is 16.6 Å². The molecule has 0 bridgehead atoms. The number of hydrogen-bond donors (Lipinski definition) is 3. The predicted octanol–water partition coefficient (Wildman–Crippen LogP) is 0.265. The first-order chi connectivity index (χ1) is 10.0. The molecule has 0 spiro atoms. The van der Waals surface area contributed by atoms with E-state index in [0.29, 0.717) is 17.9 Å². The monoisotopic (exact) mass is 286 g/mol. The summed E-state index contributed by atoms with van der Waals surface area (Å²) in [7, 11) is 0. The highest BCUT2D eigenvalue weighted by molar-refractivity contribution is 5.81. The van der Waals surface area contributed by atoms with Crippen molar-refractivity contribution in [3.8, 4) is 0 Å². The van der Waals surface area contributed by atoms with E-state index in [9.17, 15) is 9.59 Å². The number of H-pyrrole nitrogens is 1. The molecule has 1 heterocycles. The van der Waals surface area contributed by atoms with Crippen molar-refractivity contribution in [3.63, 3.8) is 0 Å². The molecule has 0 radical (unpaired) electrons. The maximum absolute atomic E-state index is 11.9. The Hall–Kier alpha value is -2.47. The molecule has 21 heavy (non-hydrogen) atoms. The second-order valence-corrected chi connectivity index (χ2v) is 4.84. The third-order valence-corrected chi connectivity index (χ3v) is 2.99. The molecule has 0 aliphatic rings. The Morgan fingerprint density at radius 3 is 2.76 bits per heavy atom.